The Morgan fingerprint density at radius 1 is 1.15 bits per heavy atom. The lowest BCUT2D eigenvalue weighted by Gasteiger charge is -2.20. The molecule has 0 bridgehead atoms. The second kappa shape index (κ2) is 11.1. The lowest BCUT2D eigenvalue weighted by molar-refractivity contribution is -0.125. The molecule has 1 aliphatic heterocycles. The Balaban J connectivity index is 2.41. The molecule has 1 rings (SSSR count). The normalized spacial score (nSPS) is 17.7. The highest BCUT2D eigenvalue weighted by atomic mass is 16.2. The molecule has 1 unspecified atom stereocenters. The van der Waals surface area contributed by atoms with Crippen molar-refractivity contribution in [1.82, 2.24) is 15.1 Å². The number of allylic oxidation sites excluding steroid dienone is 7. The van der Waals surface area contributed by atoms with Crippen molar-refractivity contribution in [1.29, 1.82) is 0 Å². The van der Waals surface area contributed by atoms with E-state index < -0.39 is 6.04 Å². The molecule has 0 aromatic carbocycles. The highest BCUT2D eigenvalue weighted by Crippen LogP contribution is 2.12. The van der Waals surface area contributed by atoms with Gasteiger partial charge in [0.2, 0.25) is 5.91 Å². The molecule has 1 N–H and O–H groups in total. The van der Waals surface area contributed by atoms with E-state index in [1.54, 1.807) is 12.2 Å². The van der Waals surface area contributed by atoms with Gasteiger partial charge in [0, 0.05) is 26.4 Å². The quantitative estimate of drug-likeness (QED) is 0.509. The fraction of sp³-hybridized carbons (Fsp3) is 0.429. The predicted octanol–water partition coefficient (Wildman–Crippen LogP) is 3.01. The topological polar surface area (TPSA) is 52.7 Å². The molecular weight excluding hydrogens is 326 g/mol. The summed E-state index contributed by atoms with van der Waals surface area (Å²) in [6.45, 7) is 6.38. The average Bonchev–Trinajstić information content (AvgIpc) is 2.91. The number of rotatable bonds is 9. The largest absolute Gasteiger partial charge is 0.361 e. The lowest BCUT2D eigenvalue weighted by atomic mass is 9.96. The highest BCUT2D eigenvalue weighted by molar-refractivity contribution is 5.93. The van der Waals surface area contributed by atoms with E-state index >= 15 is 0 Å². The van der Waals surface area contributed by atoms with Crippen LogP contribution in [0.2, 0.25) is 0 Å². The average molecular weight is 357 g/mol. The minimum atomic E-state index is -0.423. The van der Waals surface area contributed by atoms with Crippen LogP contribution < -0.4 is 5.32 Å². The van der Waals surface area contributed by atoms with E-state index in [1.165, 1.54) is 18.7 Å². The Labute approximate surface area is 157 Å². The number of carbonyl (C=O) groups is 2. The zero-order chi connectivity index (χ0) is 19.5. The van der Waals surface area contributed by atoms with Crippen LogP contribution in [0.15, 0.2) is 60.5 Å². The smallest absolute Gasteiger partial charge is 0.244 e. The SMILES string of the molecule is CC[C@@H](C)C(NC(=O)/C=C/C=C/C=C/C=C/C1=CN(C)CN1C)C(C)=O. The first-order valence-electron chi connectivity index (χ1n) is 8.97. The van der Waals surface area contributed by atoms with Crippen LogP contribution in [0, 0.1) is 5.92 Å². The zero-order valence-corrected chi connectivity index (χ0v) is 16.5. The third-order valence-corrected chi connectivity index (χ3v) is 4.25. The monoisotopic (exact) mass is 357 g/mol. The summed E-state index contributed by atoms with van der Waals surface area (Å²) in [6, 6.07) is -0.423. The molecule has 0 saturated carbocycles. The van der Waals surface area contributed by atoms with Crippen LogP contribution in [-0.2, 0) is 9.59 Å². The number of likely N-dealkylation sites (N-methyl/N-ethyl adjacent to an activating group) is 1. The number of hydrogen-bond donors (Lipinski definition) is 1. The second-order valence-corrected chi connectivity index (χ2v) is 6.62. The van der Waals surface area contributed by atoms with Crippen molar-refractivity contribution in [3.8, 4) is 0 Å². The Morgan fingerprint density at radius 3 is 2.31 bits per heavy atom. The van der Waals surface area contributed by atoms with Crippen LogP contribution in [-0.4, -0.2) is 48.3 Å². The van der Waals surface area contributed by atoms with E-state index in [4.69, 9.17) is 0 Å². The molecule has 2 atom stereocenters. The molecule has 0 aromatic rings. The first kappa shape index (κ1) is 21.5. The molecule has 0 saturated heterocycles. The molecule has 0 spiro atoms. The van der Waals surface area contributed by atoms with Gasteiger partial charge in [-0.1, -0.05) is 56.7 Å². The predicted molar refractivity (Wildman–Crippen MR) is 107 cm³/mol. The molecule has 0 radical (unpaired) electrons. The van der Waals surface area contributed by atoms with Gasteiger partial charge in [-0.25, -0.2) is 0 Å². The molecule has 142 valence electrons. The lowest BCUT2D eigenvalue weighted by Crippen LogP contribution is -2.43. The van der Waals surface area contributed by atoms with E-state index in [9.17, 15) is 9.59 Å². The first-order chi connectivity index (χ1) is 12.3. The summed E-state index contributed by atoms with van der Waals surface area (Å²) >= 11 is 0. The molecule has 1 amide bonds. The molecule has 0 aromatic heterocycles. The number of amides is 1. The van der Waals surface area contributed by atoms with Gasteiger partial charge in [-0.05, 0) is 18.9 Å². The Kier molecular flexibility index (Phi) is 9.20. The van der Waals surface area contributed by atoms with E-state index in [2.05, 4.69) is 28.4 Å². The first-order valence-corrected chi connectivity index (χ1v) is 8.97. The molecule has 5 nitrogen and oxygen atoms in total. The van der Waals surface area contributed by atoms with Crippen molar-refractivity contribution in [3.63, 3.8) is 0 Å². The van der Waals surface area contributed by atoms with Crippen LogP contribution >= 0.6 is 0 Å². The molecule has 5 heteroatoms. The molecule has 0 aliphatic carbocycles. The van der Waals surface area contributed by atoms with Crippen molar-refractivity contribution in [2.75, 3.05) is 20.8 Å². The Morgan fingerprint density at radius 2 is 1.77 bits per heavy atom. The summed E-state index contributed by atoms with van der Waals surface area (Å²) in [5.74, 6) is -0.135. The number of nitrogens with one attached hydrogen (secondary N) is 1. The van der Waals surface area contributed by atoms with Crippen molar-refractivity contribution in [2.45, 2.75) is 33.2 Å². The van der Waals surface area contributed by atoms with Crippen molar-refractivity contribution in [3.05, 3.63) is 60.5 Å². The molecule has 1 heterocycles. The van der Waals surface area contributed by atoms with Gasteiger partial charge < -0.3 is 15.1 Å². The minimum absolute atomic E-state index is 0.0134. The van der Waals surface area contributed by atoms with Gasteiger partial charge in [0.15, 0.2) is 5.78 Å². The number of carbonyl (C=O) groups excluding carboxylic acids is 2. The van der Waals surface area contributed by atoms with E-state index in [1.807, 2.05) is 51.3 Å². The summed E-state index contributed by atoms with van der Waals surface area (Å²) in [7, 11) is 4.09. The van der Waals surface area contributed by atoms with Gasteiger partial charge in [0.05, 0.1) is 18.4 Å². The van der Waals surface area contributed by atoms with Crippen LogP contribution in [0.4, 0.5) is 0 Å². The van der Waals surface area contributed by atoms with Gasteiger partial charge in [-0.2, -0.15) is 0 Å². The van der Waals surface area contributed by atoms with Crippen molar-refractivity contribution >= 4 is 11.7 Å². The van der Waals surface area contributed by atoms with Gasteiger partial charge >= 0.3 is 0 Å². The number of ketones is 1. The van der Waals surface area contributed by atoms with Crippen LogP contribution in [0.1, 0.15) is 27.2 Å². The number of nitrogens with zero attached hydrogens (tertiary/aromatic N) is 2. The minimum Gasteiger partial charge on any atom is -0.361 e. The number of Topliss-reactive ketones (excluding diaryl/α,β-unsaturated/α-hetero) is 1. The fourth-order valence-corrected chi connectivity index (χ4v) is 2.59. The van der Waals surface area contributed by atoms with Crippen molar-refractivity contribution in [2.24, 2.45) is 5.92 Å². The van der Waals surface area contributed by atoms with E-state index in [0.717, 1.165) is 13.1 Å². The molecule has 26 heavy (non-hydrogen) atoms. The summed E-state index contributed by atoms with van der Waals surface area (Å²) in [4.78, 5) is 27.8. The van der Waals surface area contributed by atoms with Crippen molar-refractivity contribution < 1.29 is 9.59 Å². The van der Waals surface area contributed by atoms with Crippen LogP contribution in [0.3, 0.4) is 0 Å². The van der Waals surface area contributed by atoms with Crippen LogP contribution in [0.25, 0.3) is 0 Å². The highest BCUT2D eigenvalue weighted by Gasteiger charge is 2.21. The van der Waals surface area contributed by atoms with Gasteiger partial charge in [-0.15, -0.1) is 0 Å². The third-order valence-electron chi connectivity index (χ3n) is 4.25. The standard InChI is InChI=1S/C21H31N3O2/c1-6-17(2)21(18(3)25)22-20(26)14-12-10-8-7-9-11-13-19-15-23(4)16-24(19)5/h7-15,17,21H,6,16H2,1-5H3,(H,22,26)/b9-7+,10-8+,13-11+,14-12+/t17-,21?/m1/s1. The summed E-state index contributed by atoms with van der Waals surface area (Å²) < 4.78 is 0. The molecule has 0 fully saturated rings. The Bertz CT molecular complexity index is 629. The van der Waals surface area contributed by atoms with Gasteiger partial charge in [0.25, 0.3) is 0 Å². The van der Waals surface area contributed by atoms with Gasteiger partial charge in [-0.3, -0.25) is 9.59 Å². The maximum atomic E-state index is 11.9. The Hall–Kier alpha value is -2.56. The van der Waals surface area contributed by atoms with E-state index in [-0.39, 0.29) is 17.6 Å². The van der Waals surface area contributed by atoms with Gasteiger partial charge in [0.1, 0.15) is 0 Å². The van der Waals surface area contributed by atoms with E-state index in [0.29, 0.717) is 0 Å². The summed E-state index contributed by atoms with van der Waals surface area (Å²) in [5, 5.41) is 2.76. The van der Waals surface area contributed by atoms with Crippen LogP contribution in [0.5, 0.6) is 0 Å². The third kappa shape index (κ3) is 7.55. The maximum Gasteiger partial charge on any atom is 0.244 e. The second-order valence-electron chi connectivity index (χ2n) is 6.62. The maximum absolute atomic E-state index is 11.9. The number of hydrogen-bond acceptors (Lipinski definition) is 4. The molecular formula is C21H31N3O2. The molecule has 1 aliphatic rings. The summed E-state index contributed by atoms with van der Waals surface area (Å²) in [5.41, 5.74) is 1.17. The summed E-state index contributed by atoms with van der Waals surface area (Å²) in [6.07, 6.45) is 17.5. The fourth-order valence-electron chi connectivity index (χ4n) is 2.59. The zero-order valence-electron chi connectivity index (χ0n) is 16.5.